The standard InChI is InChI=1S/C22H25NO2.C16H20O.C15H18O.C15H24/c1-14(2)12-19-16(4)23(21-11-10-18(25-5)13-20(19)21)22(24)17-8-6-15(3)7-9-17;1-11(2)12(3)13-5-6-15-10-16(17-4)8-7-14(15)9-13;1-11(2)8-12-4-5-14-10-15(16-3)7-6-13(14)9-12;1-11(2)10-14-6-8-15(9-7-14)13(5)12(3)4/h6-11,13-14H,12H2,1-5H3;5-12H,1-4H3;4-7,9-11H,8H2,1-3H3;6-9,11-13H,10H2,1-5H3. The molecule has 0 aliphatic carbocycles. The predicted molar refractivity (Wildman–Crippen MR) is 314 cm³/mol. The smallest absolute Gasteiger partial charge is 0.262 e. The van der Waals surface area contributed by atoms with Crippen LogP contribution in [-0.4, -0.2) is 31.8 Å². The molecule has 0 spiro atoms. The lowest BCUT2D eigenvalue weighted by Gasteiger charge is -2.16. The van der Waals surface area contributed by atoms with E-state index in [0.717, 1.165) is 64.1 Å². The third kappa shape index (κ3) is 16.1. The molecule has 5 nitrogen and oxygen atoms in total. The van der Waals surface area contributed by atoms with Gasteiger partial charge >= 0.3 is 0 Å². The van der Waals surface area contributed by atoms with E-state index in [1.165, 1.54) is 55.8 Å². The Morgan fingerprint density at radius 1 is 0.438 bits per heavy atom. The maximum Gasteiger partial charge on any atom is 0.262 e. The molecule has 0 bridgehead atoms. The zero-order chi connectivity index (χ0) is 53.5. The minimum Gasteiger partial charge on any atom is -0.497 e. The van der Waals surface area contributed by atoms with Gasteiger partial charge in [0, 0.05) is 16.6 Å². The van der Waals surface area contributed by atoms with Crippen LogP contribution in [-0.2, 0) is 19.3 Å². The molecule has 388 valence electrons. The highest BCUT2D eigenvalue weighted by Gasteiger charge is 2.21. The minimum absolute atomic E-state index is 0.0164. The van der Waals surface area contributed by atoms with Crippen LogP contribution in [0.4, 0.5) is 0 Å². The Bertz CT molecular complexity index is 2990. The van der Waals surface area contributed by atoms with Crippen LogP contribution >= 0.6 is 0 Å². The summed E-state index contributed by atoms with van der Waals surface area (Å²) in [5.74, 6) is 7.30. The van der Waals surface area contributed by atoms with E-state index < -0.39 is 0 Å². The first-order valence-corrected chi connectivity index (χ1v) is 26.8. The minimum atomic E-state index is 0.0164. The molecule has 0 amide bonds. The molecular weight excluding hydrogens is 895 g/mol. The van der Waals surface area contributed by atoms with Gasteiger partial charge in [-0.1, -0.05) is 174 Å². The van der Waals surface area contributed by atoms with Crippen molar-refractivity contribution in [3.63, 3.8) is 0 Å². The lowest BCUT2D eigenvalue weighted by Crippen LogP contribution is -2.14. The van der Waals surface area contributed by atoms with E-state index in [1.54, 1.807) is 21.3 Å². The fraction of sp³-hybridized carbons (Fsp3) is 0.397. The number of hydrogen-bond acceptors (Lipinski definition) is 4. The van der Waals surface area contributed by atoms with E-state index in [9.17, 15) is 4.79 Å². The van der Waals surface area contributed by atoms with E-state index in [0.29, 0.717) is 35.2 Å². The first kappa shape index (κ1) is 57.6. The highest BCUT2D eigenvalue weighted by atomic mass is 16.5. The second kappa shape index (κ2) is 27.1. The lowest BCUT2D eigenvalue weighted by molar-refractivity contribution is 0.0962. The second-order valence-corrected chi connectivity index (χ2v) is 22.1. The van der Waals surface area contributed by atoms with Crippen molar-refractivity contribution in [2.24, 2.45) is 29.6 Å². The van der Waals surface area contributed by atoms with Crippen molar-refractivity contribution in [3.8, 4) is 17.2 Å². The number of benzene rings is 7. The maximum atomic E-state index is 13.2. The highest BCUT2D eigenvalue weighted by molar-refractivity contribution is 6.04. The second-order valence-electron chi connectivity index (χ2n) is 22.1. The molecule has 0 N–H and O–H groups in total. The molecular formula is C68H87NO4. The van der Waals surface area contributed by atoms with Crippen molar-refractivity contribution >= 4 is 38.4 Å². The SMILES string of the molecule is CC(C)Cc1ccc(C(C)C(C)C)cc1.COc1ccc2c(c1)c(CC(C)C)c(C)n2C(=O)c1ccc(C)cc1.COc1ccc2cc(C(C)C(C)C)ccc2c1.COc1ccc2cc(CC(C)C)ccc2c1. The summed E-state index contributed by atoms with van der Waals surface area (Å²) < 4.78 is 17.7. The molecule has 1 aromatic heterocycles. The van der Waals surface area contributed by atoms with Crippen molar-refractivity contribution in [1.82, 2.24) is 4.57 Å². The maximum absolute atomic E-state index is 13.2. The third-order valence-corrected chi connectivity index (χ3v) is 14.2. The zero-order valence-electron chi connectivity index (χ0n) is 47.5. The number of methoxy groups -OCH3 is 3. The van der Waals surface area contributed by atoms with Crippen molar-refractivity contribution < 1.29 is 19.0 Å². The Morgan fingerprint density at radius 2 is 0.863 bits per heavy atom. The average molecular weight is 982 g/mol. The number of carbonyl (C=O) groups is 1. The van der Waals surface area contributed by atoms with Gasteiger partial charge in [-0.2, -0.15) is 0 Å². The van der Waals surface area contributed by atoms with Gasteiger partial charge in [-0.05, 0) is 178 Å². The predicted octanol–water partition coefficient (Wildman–Crippen LogP) is 18.5. The molecule has 2 atom stereocenters. The molecule has 8 aromatic rings. The molecule has 7 aromatic carbocycles. The van der Waals surface area contributed by atoms with E-state index in [4.69, 9.17) is 14.2 Å². The fourth-order valence-electron chi connectivity index (χ4n) is 9.19. The quantitative estimate of drug-likeness (QED) is 0.109. The summed E-state index contributed by atoms with van der Waals surface area (Å²) in [6.07, 6.45) is 3.27. The number of rotatable bonds is 14. The lowest BCUT2D eigenvalue weighted by atomic mass is 9.89. The van der Waals surface area contributed by atoms with Crippen molar-refractivity contribution in [2.75, 3.05) is 21.3 Å². The Kier molecular flexibility index (Phi) is 21.4. The van der Waals surface area contributed by atoms with Gasteiger partial charge in [0.25, 0.3) is 5.91 Å². The number of ether oxygens (including phenoxy) is 3. The number of fused-ring (bicyclic) bond motifs is 3. The van der Waals surface area contributed by atoms with Gasteiger partial charge in [0.1, 0.15) is 17.2 Å². The summed E-state index contributed by atoms with van der Waals surface area (Å²) in [5, 5.41) is 6.16. The number of aromatic nitrogens is 1. The van der Waals surface area contributed by atoms with E-state index in [-0.39, 0.29) is 5.91 Å². The molecule has 0 saturated carbocycles. The van der Waals surface area contributed by atoms with Gasteiger partial charge < -0.3 is 14.2 Å². The van der Waals surface area contributed by atoms with Crippen LogP contribution in [0, 0.1) is 43.4 Å². The van der Waals surface area contributed by atoms with Gasteiger partial charge in [-0.15, -0.1) is 0 Å². The summed E-state index contributed by atoms with van der Waals surface area (Å²) in [6.45, 7) is 31.2. The highest BCUT2D eigenvalue weighted by Crippen LogP contribution is 2.33. The Balaban J connectivity index is 0.000000185. The normalized spacial score (nSPS) is 12.1. The molecule has 0 aliphatic rings. The van der Waals surface area contributed by atoms with Gasteiger partial charge in [0.2, 0.25) is 0 Å². The number of carbonyl (C=O) groups excluding carboxylic acids is 1. The molecule has 0 aliphatic heterocycles. The molecule has 1 heterocycles. The Labute approximate surface area is 440 Å². The first-order valence-electron chi connectivity index (χ1n) is 26.8. The number of hydrogen-bond donors (Lipinski definition) is 0. The van der Waals surface area contributed by atoms with Crippen LogP contribution in [0.1, 0.15) is 144 Å². The van der Waals surface area contributed by atoms with E-state index in [2.05, 4.69) is 168 Å². The molecule has 8 rings (SSSR count). The molecule has 73 heavy (non-hydrogen) atoms. The molecule has 0 radical (unpaired) electrons. The van der Waals surface area contributed by atoms with Crippen LogP contribution in [0.5, 0.6) is 17.2 Å². The van der Waals surface area contributed by atoms with Gasteiger partial charge in [-0.3, -0.25) is 9.36 Å². The largest absolute Gasteiger partial charge is 0.497 e. The molecule has 5 heteroatoms. The molecule has 2 unspecified atom stereocenters. The van der Waals surface area contributed by atoms with Crippen LogP contribution in [0.3, 0.4) is 0 Å². The van der Waals surface area contributed by atoms with Crippen LogP contribution in [0.2, 0.25) is 0 Å². The summed E-state index contributed by atoms with van der Waals surface area (Å²) in [7, 11) is 5.08. The third-order valence-electron chi connectivity index (χ3n) is 14.2. The summed E-state index contributed by atoms with van der Waals surface area (Å²) >= 11 is 0. The summed E-state index contributed by atoms with van der Waals surface area (Å²) in [6, 6.07) is 48.7. The summed E-state index contributed by atoms with van der Waals surface area (Å²) in [4.78, 5) is 13.2. The van der Waals surface area contributed by atoms with Crippen molar-refractivity contribution in [1.29, 1.82) is 0 Å². The monoisotopic (exact) mass is 982 g/mol. The topological polar surface area (TPSA) is 49.7 Å². The van der Waals surface area contributed by atoms with Crippen LogP contribution in [0.15, 0.2) is 140 Å². The molecule has 0 saturated heterocycles. The van der Waals surface area contributed by atoms with E-state index >= 15 is 0 Å². The number of aryl methyl sites for hydroxylation is 1. The van der Waals surface area contributed by atoms with Crippen molar-refractivity contribution in [3.05, 3.63) is 184 Å². The van der Waals surface area contributed by atoms with Crippen LogP contribution < -0.4 is 14.2 Å². The van der Waals surface area contributed by atoms with Crippen molar-refractivity contribution in [2.45, 2.75) is 128 Å². The van der Waals surface area contributed by atoms with Gasteiger partial charge in [-0.25, -0.2) is 0 Å². The first-order chi connectivity index (χ1) is 34.7. The average Bonchev–Trinajstić information content (AvgIpc) is 3.64. The Hall–Kier alpha value is -6.33. The van der Waals surface area contributed by atoms with Crippen LogP contribution in [0.25, 0.3) is 32.4 Å². The summed E-state index contributed by atoms with van der Waals surface area (Å²) in [5.41, 5.74) is 10.8. The fourth-order valence-corrected chi connectivity index (χ4v) is 9.19. The number of nitrogens with zero attached hydrogens (tertiary/aromatic N) is 1. The van der Waals surface area contributed by atoms with Gasteiger partial charge in [0.15, 0.2) is 0 Å². The Morgan fingerprint density at radius 3 is 1.38 bits per heavy atom. The molecule has 0 fully saturated rings. The van der Waals surface area contributed by atoms with E-state index in [1.807, 2.05) is 73.0 Å². The zero-order valence-corrected chi connectivity index (χ0v) is 47.5. The van der Waals surface area contributed by atoms with Gasteiger partial charge in [0.05, 0.1) is 26.8 Å².